The number of aromatic nitrogens is 1. The highest BCUT2D eigenvalue weighted by atomic mass is 16.3. The summed E-state index contributed by atoms with van der Waals surface area (Å²) in [7, 11) is 0. The second-order valence-corrected chi connectivity index (χ2v) is 4.08. The topological polar surface area (TPSA) is 36.4 Å². The van der Waals surface area contributed by atoms with E-state index < -0.39 is 0 Å². The molecule has 0 amide bonds. The van der Waals surface area contributed by atoms with Crippen LogP contribution in [0, 0.1) is 6.92 Å². The van der Waals surface area contributed by atoms with Gasteiger partial charge in [0.25, 0.3) is 0 Å². The van der Waals surface area contributed by atoms with Crippen molar-refractivity contribution < 1.29 is 5.11 Å². The van der Waals surface area contributed by atoms with Gasteiger partial charge in [0.05, 0.1) is 6.61 Å². The van der Waals surface area contributed by atoms with E-state index in [9.17, 15) is 0 Å². The molecule has 0 spiro atoms. The molecule has 16 heavy (non-hydrogen) atoms. The van der Waals surface area contributed by atoms with Gasteiger partial charge >= 0.3 is 0 Å². The Hall–Kier alpha value is -1.09. The first-order valence-corrected chi connectivity index (χ1v) is 6.03. The number of aliphatic hydroxyl groups excluding tert-OH is 1. The Balaban J connectivity index is 2.91. The molecule has 90 valence electrons. The quantitative estimate of drug-likeness (QED) is 0.803. The number of hydrogen-bond donors (Lipinski definition) is 1. The third kappa shape index (κ3) is 3.20. The van der Waals surface area contributed by atoms with E-state index >= 15 is 0 Å². The predicted octanol–water partition coefficient (Wildman–Crippen LogP) is 2.38. The van der Waals surface area contributed by atoms with E-state index in [2.05, 4.69) is 36.7 Å². The Morgan fingerprint density at radius 2 is 2.06 bits per heavy atom. The fourth-order valence-corrected chi connectivity index (χ4v) is 2.00. The Morgan fingerprint density at radius 3 is 2.56 bits per heavy atom. The van der Waals surface area contributed by atoms with E-state index in [0.29, 0.717) is 12.6 Å². The van der Waals surface area contributed by atoms with Gasteiger partial charge < -0.3 is 10.0 Å². The van der Waals surface area contributed by atoms with Crippen molar-refractivity contribution in [3.05, 3.63) is 23.9 Å². The van der Waals surface area contributed by atoms with Crippen molar-refractivity contribution in [2.45, 2.75) is 39.7 Å². The smallest absolute Gasteiger partial charge is 0.129 e. The van der Waals surface area contributed by atoms with Crippen molar-refractivity contribution in [3.8, 4) is 0 Å². The molecule has 3 heteroatoms. The molecule has 0 saturated heterocycles. The van der Waals surface area contributed by atoms with Crippen molar-refractivity contribution >= 4 is 5.82 Å². The first kappa shape index (κ1) is 13.0. The van der Waals surface area contributed by atoms with E-state index in [-0.39, 0.29) is 6.61 Å². The highest BCUT2D eigenvalue weighted by molar-refractivity contribution is 5.41. The Morgan fingerprint density at radius 1 is 1.38 bits per heavy atom. The van der Waals surface area contributed by atoms with Crippen LogP contribution in [0.3, 0.4) is 0 Å². The molecule has 0 aliphatic carbocycles. The molecule has 0 atom stereocenters. The van der Waals surface area contributed by atoms with Gasteiger partial charge in [-0.25, -0.2) is 4.98 Å². The molecule has 0 bridgehead atoms. The monoisotopic (exact) mass is 222 g/mol. The minimum absolute atomic E-state index is 0.173. The molecule has 1 aromatic heterocycles. The zero-order valence-corrected chi connectivity index (χ0v) is 10.5. The van der Waals surface area contributed by atoms with Crippen LogP contribution in [-0.2, 0) is 0 Å². The number of anilines is 1. The van der Waals surface area contributed by atoms with Crippen molar-refractivity contribution in [1.29, 1.82) is 0 Å². The molecular weight excluding hydrogens is 200 g/mol. The summed E-state index contributed by atoms with van der Waals surface area (Å²) < 4.78 is 0. The second kappa shape index (κ2) is 6.48. The van der Waals surface area contributed by atoms with Crippen LogP contribution in [0.1, 0.15) is 32.3 Å². The maximum absolute atomic E-state index is 9.14. The maximum Gasteiger partial charge on any atom is 0.129 e. The van der Waals surface area contributed by atoms with Crippen molar-refractivity contribution in [3.63, 3.8) is 0 Å². The van der Waals surface area contributed by atoms with Gasteiger partial charge in [0.2, 0.25) is 0 Å². The van der Waals surface area contributed by atoms with E-state index in [4.69, 9.17) is 5.11 Å². The summed E-state index contributed by atoms with van der Waals surface area (Å²) in [6.07, 6.45) is 3.98. The average molecular weight is 222 g/mol. The first-order chi connectivity index (χ1) is 7.72. The molecule has 0 aliphatic heterocycles. The molecule has 1 N–H and O–H groups in total. The maximum atomic E-state index is 9.14. The van der Waals surface area contributed by atoms with Crippen LogP contribution < -0.4 is 4.90 Å². The fourth-order valence-electron chi connectivity index (χ4n) is 2.00. The second-order valence-electron chi connectivity index (χ2n) is 4.08. The molecule has 0 aromatic carbocycles. The zero-order valence-electron chi connectivity index (χ0n) is 10.5. The van der Waals surface area contributed by atoms with Crippen molar-refractivity contribution in [2.24, 2.45) is 0 Å². The molecule has 1 heterocycles. The third-order valence-electron chi connectivity index (χ3n) is 2.92. The summed E-state index contributed by atoms with van der Waals surface area (Å²) in [6.45, 7) is 7.24. The average Bonchev–Trinajstić information content (AvgIpc) is 2.29. The molecule has 1 aromatic rings. The van der Waals surface area contributed by atoms with Crippen LogP contribution >= 0.6 is 0 Å². The summed E-state index contributed by atoms with van der Waals surface area (Å²) in [5, 5.41) is 9.14. The number of pyridine rings is 1. The van der Waals surface area contributed by atoms with Gasteiger partial charge in [-0.05, 0) is 37.5 Å². The standard InChI is InChI=1S/C13H22N2O/c1-4-12(5-2)15(8-9-16)13-10-11(3)6-7-14-13/h6-7,10,12,16H,4-5,8-9H2,1-3H3. The summed E-state index contributed by atoms with van der Waals surface area (Å²) in [5.74, 6) is 0.975. The zero-order chi connectivity index (χ0) is 12.0. The van der Waals surface area contributed by atoms with E-state index in [1.807, 2.05) is 12.3 Å². The van der Waals surface area contributed by atoms with Crippen LogP contribution in [0.4, 0.5) is 5.82 Å². The van der Waals surface area contributed by atoms with Crippen LogP contribution in [0.2, 0.25) is 0 Å². The Bertz CT molecular complexity index is 311. The van der Waals surface area contributed by atoms with Crippen LogP contribution in [-0.4, -0.2) is 29.3 Å². The molecule has 3 nitrogen and oxygen atoms in total. The molecule has 0 saturated carbocycles. The van der Waals surface area contributed by atoms with Gasteiger partial charge in [-0.1, -0.05) is 13.8 Å². The lowest BCUT2D eigenvalue weighted by atomic mass is 10.1. The Labute approximate surface area is 98.1 Å². The highest BCUT2D eigenvalue weighted by Crippen LogP contribution is 2.18. The van der Waals surface area contributed by atoms with Gasteiger partial charge in [0.1, 0.15) is 5.82 Å². The summed E-state index contributed by atoms with van der Waals surface area (Å²) in [5.41, 5.74) is 1.21. The number of nitrogens with zero attached hydrogens (tertiary/aromatic N) is 2. The largest absolute Gasteiger partial charge is 0.395 e. The van der Waals surface area contributed by atoms with E-state index in [0.717, 1.165) is 18.7 Å². The van der Waals surface area contributed by atoms with Gasteiger partial charge in [-0.2, -0.15) is 0 Å². The molecule has 0 fully saturated rings. The van der Waals surface area contributed by atoms with Crippen LogP contribution in [0.5, 0.6) is 0 Å². The van der Waals surface area contributed by atoms with Gasteiger partial charge in [0, 0.05) is 18.8 Å². The van der Waals surface area contributed by atoms with E-state index in [1.165, 1.54) is 5.56 Å². The number of rotatable bonds is 6. The van der Waals surface area contributed by atoms with Gasteiger partial charge in [-0.3, -0.25) is 0 Å². The lowest BCUT2D eigenvalue weighted by Crippen LogP contribution is -2.37. The van der Waals surface area contributed by atoms with Crippen LogP contribution in [0.25, 0.3) is 0 Å². The number of hydrogen-bond acceptors (Lipinski definition) is 3. The van der Waals surface area contributed by atoms with E-state index in [1.54, 1.807) is 0 Å². The molecular formula is C13H22N2O. The molecule has 0 aliphatic rings. The minimum Gasteiger partial charge on any atom is -0.395 e. The Kier molecular flexibility index (Phi) is 5.26. The SMILES string of the molecule is CCC(CC)N(CCO)c1cc(C)ccn1. The molecule has 0 unspecified atom stereocenters. The number of aliphatic hydroxyl groups is 1. The summed E-state index contributed by atoms with van der Waals surface area (Å²) in [6, 6.07) is 4.53. The van der Waals surface area contributed by atoms with Crippen molar-refractivity contribution in [1.82, 2.24) is 4.98 Å². The van der Waals surface area contributed by atoms with Gasteiger partial charge in [-0.15, -0.1) is 0 Å². The predicted molar refractivity (Wildman–Crippen MR) is 67.8 cm³/mol. The number of aryl methyl sites for hydroxylation is 1. The van der Waals surface area contributed by atoms with Gasteiger partial charge in [0.15, 0.2) is 0 Å². The first-order valence-electron chi connectivity index (χ1n) is 6.03. The fraction of sp³-hybridized carbons (Fsp3) is 0.615. The minimum atomic E-state index is 0.173. The lowest BCUT2D eigenvalue weighted by Gasteiger charge is -2.31. The highest BCUT2D eigenvalue weighted by Gasteiger charge is 2.16. The lowest BCUT2D eigenvalue weighted by molar-refractivity contribution is 0.295. The third-order valence-corrected chi connectivity index (χ3v) is 2.92. The van der Waals surface area contributed by atoms with Crippen LogP contribution in [0.15, 0.2) is 18.3 Å². The molecule has 1 rings (SSSR count). The molecule has 0 radical (unpaired) electrons. The normalized spacial score (nSPS) is 10.8. The van der Waals surface area contributed by atoms with Crippen molar-refractivity contribution in [2.75, 3.05) is 18.1 Å². The summed E-state index contributed by atoms with van der Waals surface area (Å²) >= 11 is 0. The summed E-state index contributed by atoms with van der Waals surface area (Å²) in [4.78, 5) is 6.59.